The van der Waals surface area contributed by atoms with Crippen LogP contribution in [0.1, 0.15) is 18.0 Å². The summed E-state index contributed by atoms with van der Waals surface area (Å²) in [5.74, 6) is -0.401. The topological polar surface area (TPSA) is 49.4 Å². The number of fused-ring (bicyclic) bond motifs is 2. The lowest BCUT2D eigenvalue weighted by Gasteiger charge is -2.23. The number of carbonyl (C=O) groups excluding carboxylic acids is 2. The Morgan fingerprint density at radius 3 is 2.59 bits per heavy atom. The van der Waals surface area contributed by atoms with Gasteiger partial charge in [-0.1, -0.05) is 30.3 Å². The van der Waals surface area contributed by atoms with E-state index in [9.17, 15) is 9.59 Å². The molecule has 0 aromatic heterocycles. The Morgan fingerprint density at radius 2 is 1.88 bits per heavy atom. The Bertz CT molecular complexity index is 472. The van der Waals surface area contributed by atoms with Crippen molar-refractivity contribution < 1.29 is 9.59 Å². The highest BCUT2D eigenvalue weighted by molar-refractivity contribution is 6.02. The first-order valence-corrected chi connectivity index (χ1v) is 5.80. The van der Waals surface area contributed by atoms with Gasteiger partial charge >= 0.3 is 0 Å². The molecule has 1 N–H and O–H groups in total. The Kier molecular flexibility index (Phi) is 2.26. The highest BCUT2D eigenvalue weighted by Gasteiger charge is 2.50. The maximum atomic E-state index is 11.8. The van der Waals surface area contributed by atoms with Gasteiger partial charge in [0.25, 0.3) is 0 Å². The fourth-order valence-electron chi connectivity index (χ4n) is 2.97. The molecular formula is C13H14N2O2. The summed E-state index contributed by atoms with van der Waals surface area (Å²) in [6.45, 7) is 0. The molecule has 0 radical (unpaired) electrons. The largest absolute Gasteiger partial charge is 0.295 e. The van der Waals surface area contributed by atoms with Crippen LogP contribution in [0.4, 0.5) is 0 Å². The quantitative estimate of drug-likeness (QED) is 0.723. The van der Waals surface area contributed by atoms with Crippen LogP contribution in [0.15, 0.2) is 30.3 Å². The van der Waals surface area contributed by atoms with E-state index in [2.05, 4.69) is 5.32 Å². The van der Waals surface area contributed by atoms with E-state index in [1.165, 1.54) is 0 Å². The van der Waals surface area contributed by atoms with Gasteiger partial charge in [-0.2, -0.15) is 0 Å². The number of carbonyl (C=O) groups is 2. The fraction of sp³-hybridized carbons (Fsp3) is 0.385. The van der Waals surface area contributed by atoms with Crippen molar-refractivity contribution in [3.05, 3.63) is 35.9 Å². The molecule has 2 saturated heterocycles. The summed E-state index contributed by atoms with van der Waals surface area (Å²) in [5.41, 5.74) is 1.10. The number of nitrogens with one attached hydrogen (secondary N) is 1. The van der Waals surface area contributed by atoms with Gasteiger partial charge in [0.05, 0.1) is 12.0 Å². The normalized spacial score (nSPS) is 32.6. The number of hydrogen-bond donors (Lipinski definition) is 1. The lowest BCUT2D eigenvalue weighted by molar-refractivity contribution is -0.136. The molecule has 3 atom stereocenters. The van der Waals surface area contributed by atoms with E-state index in [0.29, 0.717) is 6.42 Å². The monoisotopic (exact) mass is 230 g/mol. The number of likely N-dealkylation sites (tertiary alicyclic amines) is 1. The molecule has 0 saturated carbocycles. The second kappa shape index (κ2) is 3.67. The lowest BCUT2D eigenvalue weighted by atomic mass is 9.90. The molecule has 1 aromatic rings. The third-order valence-electron chi connectivity index (χ3n) is 3.82. The number of amides is 2. The van der Waals surface area contributed by atoms with E-state index in [0.717, 1.165) is 5.56 Å². The first-order chi connectivity index (χ1) is 8.18. The highest BCUT2D eigenvalue weighted by Crippen LogP contribution is 2.41. The standard InChI is InChI=1S/C13H14N2O2/c1-15-10-7-9(12(16)14-13(10)17)11(15)8-5-3-2-4-6-8/h2-6,9-11H,7H2,1H3,(H,14,16,17)/t9-,10-,11-/m0/s1. The fourth-order valence-corrected chi connectivity index (χ4v) is 2.97. The number of likely N-dealkylation sites (N-methyl/N-ethyl adjacent to an activating group) is 1. The first kappa shape index (κ1) is 10.5. The van der Waals surface area contributed by atoms with Gasteiger partial charge in [0.1, 0.15) is 0 Å². The van der Waals surface area contributed by atoms with Crippen molar-refractivity contribution in [3.8, 4) is 0 Å². The molecule has 4 nitrogen and oxygen atoms in total. The Balaban J connectivity index is 2.01. The molecule has 0 aliphatic carbocycles. The van der Waals surface area contributed by atoms with Gasteiger partial charge in [-0.05, 0) is 19.0 Å². The molecule has 2 heterocycles. The number of benzene rings is 1. The van der Waals surface area contributed by atoms with Crippen LogP contribution in [0.3, 0.4) is 0 Å². The third-order valence-corrected chi connectivity index (χ3v) is 3.82. The van der Waals surface area contributed by atoms with Crippen molar-refractivity contribution >= 4 is 11.8 Å². The van der Waals surface area contributed by atoms with E-state index < -0.39 is 0 Å². The molecule has 2 fully saturated rings. The average molecular weight is 230 g/mol. The molecule has 2 aliphatic rings. The minimum atomic E-state index is -0.164. The second-order valence-electron chi connectivity index (χ2n) is 4.73. The van der Waals surface area contributed by atoms with Crippen molar-refractivity contribution in [2.24, 2.45) is 5.92 Å². The maximum Gasteiger partial charge on any atom is 0.243 e. The van der Waals surface area contributed by atoms with E-state index in [-0.39, 0.29) is 29.8 Å². The summed E-state index contributed by atoms with van der Waals surface area (Å²) in [6.07, 6.45) is 0.640. The molecule has 0 spiro atoms. The lowest BCUT2D eigenvalue weighted by Crippen LogP contribution is -2.46. The van der Waals surface area contributed by atoms with E-state index in [1.54, 1.807) is 0 Å². The van der Waals surface area contributed by atoms with Gasteiger partial charge < -0.3 is 0 Å². The molecule has 2 aliphatic heterocycles. The van der Waals surface area contributed by atoms with E-state index in [4.69, 9.17) is 0 Å². The van der Waals surface area contributed by atoms with Crippen LogP contribution < -0.4 is 5.32 Å². The number of nitrogens with zero attached hydrogens (tertiary/aromatic N) is 1. The van der Waals surface area contributed by atoms with Crippen molar-refractivity contribution in [1.82, 2.24) is 10.2 Å². The predicted octanol–water partition coefficient (Wildman–Crippen LogP) is 0.704. The van der Waals surface area contributed by atoms with Gasteiger partial charge in [0.2, 0.25) is 11.8 Å². The van der Waals surface area contributed by atoms with E-state index in [1.807, 2.05) is 42.3 Å². The van der Waals surface area contributed by atoms with Crippen molar-refractivity contribution in [2.45, 2.75) is 18.5 Å². The van der Waals surface area contributed by atoms with Crippen LogP contribution in [0.25, 0.3) is 0 Å². The zero-order valence-electron chi connectivity index (χ0n) is 9.59. The third kappa shape index (κ3) is 1.48. The van der Waals surface area contributed by atoms with Crippen LogP contribution in [0.5, 0.6) is 0 Å². The highest BCUT2D eigenvalue weighted by atomic mass is 16.2. The Hall–Kier alpha value is -1.68. The van der Waals surface area contributed by atoms with E-state index >= 15 is 0 Å². The summed E-state index contributed by atoms with van der Waals surface area (Å²) in [6, 6.07) is 9.77. The molecule has 2 amide bonds. The van der Waals surface area contributed by atoms with Crippen LogP contribution >= 0.6 is 0 Å². The van der Waals surface area contributed by atoms with Crippen LogP contribution in [-0.2, 0) is 9.59 Å². The second-order valence-corrected chi connectivity index (χ2v) is 4.73. The van der Waals surface area contributed by atoms with Crippen molar-refractivity contribution in [1.29, 1.82) is 0 Å². The molecule has 17 heavy (non-hydrogen) atoms. The summed E-state index contributed by atoms with van der Waals surface area (Å²) >= 11 is 0. The zero-order chi connectivity index (χ0) is 12.0. The SMILES string of the molecule is CN1[C@H]2C[C@H](C(=O)NC2=O)[C@@H]1c1ccccc1. The molecule has 88 valence electrons. The molecule has 0 unspecified atom stereocenters. The predicted molar refractivity (Wildman–Crippen MR) is 62.0 cm³/mol. The molecule has 1 aromatic carbocycles. The van der Waals surface area contributed by atoms with Gasteiger partial charge in [0, 0.05) is 6.04 Å². The molecule has 3 rings (SSSR count). The van der Waals surface area contributed by atoms with Crippen molar-refractivity contribution in [3.63, 3.8) is 0 Å². The minimum absolute atomic E-state index is 0.0210. The van der Waals surface area contributed by atoms with Gasteiger partial charge in [-0.15, -0.1) is 0 Å². The Labute approximate surface area is 99.6 Å². The van der Waals surface area contributed by atoms with Crippen molar-refractivity contribution in [2.75, 3.05) is 7.05 Å². The van der Waals surface area contributed by atoms with Crippen LogP contribution in [-0.4, -0.2) is 29.8 Å². The van der Waals surface area contributed by atoms with Crippen LogP contribution in [0, 0.1) is 5.92 Å². The minimum Gasteiger partial charge on any atom is -0.295 e. The first-order valence-electron chi connectivity index (χ1n) is 5.80. The van der Waals surface area contributed by atoms with Gasteiger partial charge in [0.15, 0.2) is 0 Å². The summed E-state index contributed by atoms with van der Waals surface area (Å²) in [4.78, 5) is 25.5. The molecule has 2 bridgehead atoms. The number of imide groups is 1. The average Bonchev–Trinajstić information content (AvgIpc) is 2.63. The van der Waals surface area contributed by atoms with Gasteiger partial charge in [-0.3, -0.25) is 19.8 Å². The van der Waals surface area contributed by atoms with Gasteiger partial charge in [-0.25, -0.2) is 0 Å². The zero-order valence-corrected chi connectivity index (χ0v) is 9.59. The summed E-state index contributed by atoms with van der Waals surface area (Å²) in [5, 5.41) is 2.45. The number of rotatable bonds is 1. The smallest absolute Gasteiger partial charge is 0.243 e. The molecule has 4 heteroatoms. The van der Waals surface area contributed by atoms with Crippen LogP contribution in [0.2, 0.25) is 0 Å². The Morgan fingerprint density at radius 1 is 1.18 bits per heavy atom. The summed E-state index contributed by atoms with van der Waals surface area (Å²) in [7, 11) is 1.92. The maximum absolute atomic E-state index is 11.8. The summed E-state index contributed by atoms with van der Waals surface area (Å²) < 4.78 is 0. The molecular weight excluding hydrogens is 216 g/mol. The number of piperidine rings is 1. The number of hydrogen-bond acceptors (Lipinski definition) is 3.